The molecule has 0 spiro atoms. The van der Waals surface area contributed by atoms with Crippen LogP contribution in [0.2, 0.25) is 5.02 Å². The second kappa shape index (κ2) is 6.60. The Morgan fingerprint density at radius 1 is 1.48 bits per heavy atom. The van der Waals surface area contributed by atoms with Gasteiger partial charge in [0.05, 0.1) is 6.54 Å². The molecule has 0 radical (unpaired) electrons. The van der Waals surface area contributed by atoms with Crippen LogP contribution in [0.15, 0.2) is 36.5 Å². The summed E-state index contributed by atoms with van der Waals surface area (Å²) in [5, 5.41) is 17.8. The van der Waals surface area contributed by atoms with Crippen LogP contribution in [-0.4, -0.2) is 51.4 Å². The zero-order valence-corrected chi connectivity index (χ0v) is 13.3. The molecule has 6 nitrogen and oxygen atoms in total. The van der Waals surface area contributed by atoms with E-state index in [-0.39, 0.29) is 19.1 Å². The molecule has 1 unspecified atom stereocenters. The van der Waals surface area contributed by atoms with Gasteiger partial charge in [-0.15, -0.1) is 0 Å². The van der Waals surface area contributed by atoms with E-state index in [1.165, 1.54) is 6.20 Å². The van der Waals surface area contributed by atoms with Gasteiger partial charge < -0.3 is 14.7 Å². The summed E-state index contributed by atoms with van der Waals surface area (Å²) in [6, 6.07) is 8.65. The number of aliphatic hydroxyl groups is 1. The lowest BCUT2D eigenvalue weighted by Gasteiger charge is -2.38. The van der Waals surface area contributed by atoms with Gasteiger partial charge >= 0.3 is 0 Å². The Labute approximate surface area is 139 Å². The number of amides is 1. The molecule has 3 rings (SSSR count). The van der Waals surface area contributed by atoms with Crippen LogP contribution in [-0.2, 0) is 0 Å². The standard InChI is InChI=1S/C16H18ClN3O3/c17-12-3-1-4-13(9-12)23-11-16(22)6-2-8-20(10-16)15(21)14-5-7-18-19-14/h1,3-5,7,9,22H,2,6,8,10-11H2,(H,18,19). The predicted molar refractivity (Wildman–Crippen MR) is 85.6 cm³/mol. The van der Waals surface area contributed by atoms with E-state index in [9.17, 15) is 9.90 Å². The SMILES string of the molecule is O=C(c1ccn[nH]1)N1CCCC(O)(COc2cccc(Cl)c2)C1. The fourth-order valence-electron chi connectivity index (χ4n) is 2.72. The molecular formula is C16H18ClN3O3. The summed E-state index contributed by atoms with van der Waals surface area (Å²) in [5.41, 5.74) is -0.652. The van der Waals surface area contributed by atoms with Crippen LogP contribution < -0.4 is 4.74 Å². The van der Waals surface area contributed by atoms with Gasteiger partial charge in [-0.2, -0.15) is 5.10 Å². The summed E-state index contributed by atoms with van der Waals surface area (Å²) in [6.45, 7) is 0.947. The fraction of sp³-hybridized carbons (Fsp3) is 0.375. The number of rotatable bonds is 4. The van der Waals surface area contributed by atoms with Crippen LogP contribution in [0.4, 0.5) is 0 Å². The third-order valence-electron chi connectivity index (χ3n) is 3.88. The molecule has 0 bridgehead atoms. The number of piperidine rings is 1. The molecule has 1 aliphatic rings. The molecular weight excluding hydrogens is 318 g/mol. The number of nitrogens with one attached hydrogen (secondary N) is 1. The van der Waals surface area contributed by atoms with Gasteiger partial charge in [0.15, 0.2) is 0 Å². The first-order chi connectivity index (χ1) is 11.1. The van der Waals surface area contributed by atoms with E-state index in [0.717, 1.165) is 6.42 Å². The lowest BCUT2D eigenvalue weighted by Crippen LogP contribution is -2.53. The minimum atomic E-state index is -1.07. The molecule has 2 heterocycles. The molecule has 1 aliphatic heterocycles. The number of hydrogen-bond donors (Lipinski definition) is 2. The molecule has 0 aliphatic carbocycles. The molecule has 1 fully saturated rings. The molecule has 1 saturated heterocycles. The number of likely N-dealkylation sites (tertiary alicyclic amines) is 1. The zero-order chi connectivity index (χ0) is 16.3. The summed E-state index contributed by atoms with van der Waals surface area (Å²) in [4.78, 5) is 14.0. The number of β-amino-alcohol motifs (C(OH)–C–C–N with tert-alkyl or cyclic N) is 1. The summed E-state index contributed by atoms with van der Waals surface area (Å²) in [7, 11) is 0. The highest BCUT2D eigenvalue weighted by Crippen LogP contribution is 2.25. The maximum atomic E-state index is 12.4. The highest BCUT2D eigenvalue weighted by Gasteiger charge is 2.36. The van der Waals surface area contributed by atoms with Gasteiger partial charge in [-0.3, -0.25) is 9.89 Å². The summed E-state index contributed by atoms with van der Waals surface area (Å²) < 4.78 is 5.66. The second-order valence-corrected chi connectivity index (χ2v) is 6.21. The number of benzene rings is 1. The van der Waals surface area contributed by atoms with E-state index in [0.29, 0.717) is 29.4 Å². The molecule has 7 heteroatoms. The number of ether oxygens (including phenoxy) is 1. The van der Waals surface area contributed by atoms with Crippen molar-refractivity contribution in [3.8, 4) is 5.75 Å². The molecule has 0 saturated carbocycles. The van der Waals surface area contributed by atoms with E-state index in [1.54, 1.807) is 35.2 Å². The summed E-state index contributed by atoms with van der Waals surface area (Å²) in [6.07, 6.45) is 2.83. The topological polar surface area (TPSA) is 78.5 Å². The van der Waals surface area contributed by atoms with E-state index >= 15 is 0 Å². The zero-order valence-electron chi connectivity index (χ0n) is 12.5. The molecule has 1 aromatic heterocycles. The van der Waals surface area contributed by atoms with Crippen LogP contribution in [0.5, 0.6) is 5.75 Å². The van der Waals surface area contributed by atoms with Crippen molar-refractivity contribution in [3.63, 3.8) is 0 Å². The van der Waals surface area contributed by atoms with E-state index in [2.05, 4.69) is 10.2 Å². The number of halogens is 1. The van der Waals surface area contributed by atoms with Gasteiger partial charge in [-0.05, 0) is 37.1 Å². The average molecular weight is 336 g/mol. The van der Waals surface area contributed by atoms with Crippen molar-refractivity contribution in [2.45, 2.75) is 18.4 Å². The lowest BCUT2D eigenvalue weighted by atomic mass is 9.93. The molecule has 1 amide bonds. The molecule has 23 heavy (non-hydrogen) atoms. The van der Waals surface area contributed by atoms with Crippen molar-refractivity contribution < 1.29 is 14.6 Å². The molecule has 122 valence electrons. The van der Waals surface area contributed by atoms with Gasteiger partial charge in [0.2, 0.25) is 0 Å². The number of hydrogen-bond acceptors (Lipinski definition) is 4. The number of aromatic nitrogens is 2. The van der Waals surface area contributed by atoms with Crippen molar-refractivity contribution in [2.75, 3.05) is 19.7 Å². The first-order valence-corrected chi connectivity index (χ1v) is 7.83. The molecule has 1 aromatic carbocycles. The highest BCUT2D eigenvalue weighted by molar-refractivity contribution is 6.30. The van der Waals surface area contributed by atoms with Crippen molar-refractivity contribution in [3.05, 3.63) is 47.2 Å². The van der Waals surface area contributed by atoms with Gasteiger partial charge in [-0.1, -0.05) is 17.7 Å². The Morgan fingerprint density at radius 2 is 2.35 bits per heavy atom. The monoisotopic (exact) mass is 335 g/mol. The Bertz CT molecular complexity index is 677. The number of carbonyl (C=O) groups is 1. The first-order valence-electron chi connectivity index (χ1n) is 7.45. The Balaban J connectivity index is 1.63. The molecule has 2 aromatic rings. The van der Waals surface area contributed by atoms with Gasteiger partial charge in [0.1, 0.15) is 23.7 Å². The van der Waals surface area contributed by atoms with Crippen LogP contribution in [0.1, 0.15) is 23.3 Å². The summed E-state index contributed by atoms with van der Waals surface area (Å²) in [5.74, 6) is 0.436. The first kappa shape index (κ1) is 15.8. The van der Waals surface area contributed by atoms with E-state index in [4.69, 9.17) is 16.3 Å². The maximum Gasteiger partial charge on any atom is 0.271 e. The number of carbonyl (C=O) groups excluding carboxylic acids is 1. The summed E-state index contributed by atoms with van der Waals surface area (Å²) >= 11 is 5.92. The van der Waals surface area contributed by atoms with Crippen LogP contribution in [0.3, 0.4) is 0 Å². The Hall–Kier alpha value is -2.05. The largest absolute Gasteiger partial charge is 0.490 e. The second-order valence-electron chi connectivity index (χ2n) is 5.77. The average Bonchev–Trinajstić information content (AvgIpc) is 3.07. The highest BCUT2D eigenvalue weighted by atomic mass is 35.5. The van der Waals surface area contributed by atoms with Crippen LogP contribution in [0.25, 0.3) is 0 Å². The minimum Gasteiger partial charge on any atom is -0.490 e. The molecule has 1 atom stereocenters. The number of nitrogens with zero attached hydrogens (tertiary/aromatic N) is 2. The third kappa shape index (κ3) is 3.83. The van der Waals surface area contributed by atoms with E-state index < -0.39 is 5.60 Å². The predicted octanol–water partition coefficient (Wildman–Crippen LogP) is 2.11. The lowest BCUT2D eigenvalue weighted by molar-refractivity contribution is -0.0533. The van der Waals surface area contributed by atoms with Gasteiger partial charge in [-0.25, -0.2) is 0 Å². The van der Waals surface area contributed by atoms with Crippen molar-refractivity contribution >= 4 is 17.5 Å². The Morgan fingerprint density at radius 3 is 3.09 bits per heavy atom. The quantitative estimate of drug-likeness (QED) is 0.897. The minimum absolute atomic E-state index is 0.111. The normalized spacial score (nSPS) is 21.2. The fourth-order valence-corrected chi connectivity index (χ4v) is 2.90. The van der Waals surface area contributed by atoms with Crippen molar-refractivity contribution in [1.82, 2.24) is 15.1 Å². The van der Waals surface area contributed by atoms with Gasteiger partial charge in [0, 0.05) is 17.8 Å². The number of aromatic amines is 1. The molecule has 2 N–H and O–H groups in total. The maximum absolute atomic E-state index is 12.4. The van der Waals surface area contributed by atoms with Gasteiger partial charge in [0.25, 0.3) is 5.91 Å². The number of H-pyrrole nitrogens is 1. The van der Waals surface area contributed by atoms with Crippen molar-refractivity contribution in [2.24, 2.45) is 0 Å². The van der Waals surface area contributed by atoms with Crippen LogP contribution in [0, 0.1) is 0 Å². The Kier molecular flexibility index (Phi) is 4.54. The third-order valence-corrected chi connectivity index (χ3v) is 4.11. The smallest absolute Gasteiger partial charge is 0.271 e. The van der Waals surface area contributed by atoms with E-state index in [1.807, 2.05) is 0 Å². The van der Waals surface area contributed by atoms with Crippen LogP contribution >= 0.6 is 11.6 Å². The van der Waals surface area contributed by atoms with Crippen molar-refractivity contribution in [1.29, 1.82) is 0 Å².